The van der Waals surface area contributed by atoms with Gasteiger partial charge in [0.25, 0.3) is 0 Å². The lowest BCUT2D eigenvalue weighted by Gasteiger charge is -2.12. The molecule has 0 spiro atoms. The maximum atomic E-state index is 5.12. The summed E-state index contributed by atoms with van der Waals surface area (Å²) in [5.74, 6) is 1.95. The van der Waals surface area contributed by atoms with E-state index in [1.54, 1.807) is 0 Å². The first-order chi connectivity index (χ1) is 23.8. The number of fused-ring (bicyclic) bond motifs is 4. The van der Waals surface area contributed by atoms with Crippen LogP contribution in [0, 0.1) is 0 Å². The second kappa shape index (κ2) is 11.7. The highest BCUT2D eigenvalue weighted by atomic mass is 15.0. The van der Waals surface area contributed by atoms with Crippen molar-refractivity contribution in [2.24, 2.45) is 0 Å². The number of nitrogens with zero attached hydrogens (tertiary/aromatic N) is 3. The van der Waals surface area contributed by atoms with Gasteiger partial charge in [-0.25, -0.2) is 15.0 Å². The zero-order valence-corrected chi connectivity index (χ0v) is 26.1. The first kappa shape index (κ1) is 27.8. The summed E-state index contributed by atoms with van der Waals surface area (Å²) in [6.07, 6.45) is 0. The molecule has 0 bridgehead atoms. The minimum absolute atomic E-state index is 0.644. The van der Waals surface area contributed by atoms with Gasteiger partial charge in [-0.1, -0.05) is 170 Å². The van der Waals surface area contributed by atoms with Crippen molar-refractivity contribution in [1.82, 2.24) is 15.0 Å². The molecule has 0 atom stereocenters. The van der Waals surface area contributed by atoms with Gasteiger partial charge >= 0.3 is 0 Å². The fourth-order valence-corrected chi connectivity index (χ4v) is 6.73. The molecular formula is C45H29N3. The molecule has 0 radical (unpaired) electrons. The third kappa shape index (κ3) is 4.99. The number of aromatic nitrogens is 3. The summed E-state index contributed by atoms with van der Waals surface area (Å²) in [4.78, 5) is 15.2. The van der Waals surface area contributed by atoms with Crippen molar-refractivity contribution in [3.05, 3.63) is 176 Å². The molecule has 0 aliphatic carbocycles. The van der Waals surface area contributed by atoms with E-state index in [0.717, 1.165) is 33.2 Å². The zero-order valence-electron chi connectivity index (χ0n) is 26.1. The van der Waals surface area contributed by atoms with Gasteiger partial charge in [-0.3, -0.25) is 0 Å². The van der Waals surface area contributed by atoms with Crippen LogP contribution in [-0.2, 0) is 0 Å². The minimum atomic E-state index is 0.644. The molecule has 0 fully saturated rings. The standard InChI is InChI=1S/C45H29N3/c1-2-13-34(14-3-1)43-46-44(48-45(47-43)42-22-10-21-40-39-19-7-5-12-32(39)27-28-41(40)42)36-17-8-16-35(29-36)30-23-25-33(26-24-30)38-20-9-15-31-11-4-6-18-37(31)38/h1-29H. The van der Waals surface area contributed by atoms with Gasteiger partial charge in [-0.15, -0.1) is 0 Å². The lowest BCUT2D eigenvalue weighted by atomic mass is 9.96. The Hall–Kier alpha value is -6.45. The van der Waals surface area contributed by atoms with Crippen LogP contribution in [0.5, 0.6) is 0 Å². The van der Waals surface area contributed by atoms with Crippen LogP contribution in [0.2, 0.25) is 0 Å². The molecule has 8 aromatic carbocycles. The van der Waals surface area contributed by atoms with E-state index < -0.39 is 0 Å². The van der Waals surface area contributed by atoms with Crippen LogP contribution in [0.25, 0.3) is 88.7 Å². The van der Waals surface area contributed by atoms with E-state index in [4.69, 9.17) is 15.0 Å². The van der Waals surface area contributed by atoms with Crippen LogP contribution in [0.15, 0.2) is 176 Å². The van der Waals surface area contributed by atoms with Crippen molar-refractivity contribution in [3.63, 3.8) is 0 Å². The van der Waals surface area contributed by atoms with Gasteiger partial charge in [0.15, 0.2) is 17.5 Å². The Balaban J connectivity index is 1.15. The summed E-state index contributed by atoms with van der Waals surface area (Å²) in [6.45, 7) is 0. The molecule has 0 unspecified atom stereocenters. The molecule has 0 amide bonds. The van der Waals surface area contributed by atoms with Crippen molar-refractivity contribution in [1.29, 1.82) is 0 Å². The summed E-state index contributed by atoms with van der Waals surface area (Å²) < 4.78 is 0. The summed E-state index contributed by atoms with van der Waals surface area (Å²) in [5, 5.41) is 7.23. The van der Waals surface area contributed by atoms with E-state index in [-0.39, 0.29) is 0 Å². The number of rotatable bonds is 5. The molecule has 1 heterocycles. The summed E-state index contributed by atoms with van der Waals surface area (Å²) in [5.41, 5.74) is 7.56. The monoisotopic (exact) mass is 611 g/mol. The molecule has 0 saturated carbocycles. The Bertz CT molecular complexity index is 2600. The van der Waals surface area contributed by atoms with Gasteiger partial charge in [0.2, 0.25) is 0 Å². The molecular weight excluding hydrogens is 583 g/mol. The summed E-state index contributed by atoms with van der Waals surface area (Å²) in [6, 6.07) is 61.7. The third-order valence-corrected chi connectivity index (χ3v) is 9.13. The normalized spacial score (nSPS) is 11.3. The topological polar surface area (TPSA) is 38.7 Å². The molecule has 3 heteroatoms. The van der Waals surface area contributed by atoms with Crippen molar-refractivity contribution in [2.75, 3.05) is 0 Å². The van der Waals surface area contributed by atoms with Crippen LogP contribution < -0.4 is 0 Å². The first-order valence-electron chi connectivity index (χ1n) is 16.2. The predicted molar refractivity (Wildman–Crippen MR) is 200 cm³/mol. The molecule has 3 nitrogen and oxygen atoms in total. The predicted octanol–water partition coefficient (Wildman–Crippen LogP) is 11.7. The fraction of sp³-hybridized carbons (Fsp3) is 0. The van der Waals surface area contributed by atoms with Gasteiger partial charge in [0.05, 0.1) is 0 Å². The van der Waals surface area contributed by atoms with Crippen molar-refractivity contribution in [2.45, 2.75) is 0 Å². The molecule has 9 aromatic rings. The van der Waals surface area contributed by atoms with Gasteiger partial charge in [-0.05, 0) is 60.6 Å². The number of hydrogen-bond donors (Lipinski definition) is 0. The fourth-order valence-electron chi connectivity index (χ4n) is 6.73. The minimum Gasteiger partial charge on any atom is -0.208 e. The van der Waals surface area contributed by atoms with Crippen molar-refractivity contribution in [3.8, 4) is 56.4 Å². The van der Waals surface area contributed by atoms with Crippen molar-refractivity contribution < 1.29 is 0 Å². The van der Waals surface area contributed by atoms with E-state index in [1.165, 1.54) is 38.1 Å². The molecule has 48 heavy (non-hydrogen) atoms. The highest BCUT2D eigenvalue weighted by Gasteiger charge is 2.15. The molecule has 0 aliphatic rings. The Morgan fingerprint density at radius 1 is 0.250 bits per heavy atom. The average Bonchev–Trinajstić information content (AvgIpc) is 3.17. The van der Waals surface area contributed by atoms with E-state index in [2.05, 4.69) is 146 Å². The second-order valence-corrected chi connectivity index (χ2v) is 12.0. The maximum absolute atomic E-state index is 5.12. The second-order valence-electron chi connectivity index (χ2n) is 12.0. The molecule has 0 saturated heterocycles. The first-order valence-corrected chi connectivity index (χ1v) is 16.2. The van der Waals surface area contributed by atoms with Crippen LogP contribution >= 0.6 is 0 Å². The summed E-state index contributed by atoms with van der Waals surface area (Å²) >= 11 is 0. The van der Waals surface area contributed by atoms with Gasteiger partial charge in [0, 0.05) is 16.7 Å². The summed E-state index contributed by atoms with van der Waals surface area (Å²) in [7, 11) is 0. The average molecular weight is 612 g/mol. The maximum Gasteiger partial charge on any atom is 0.164 e. The van der Waals surface area contributed by atoms with E-state index in [9.17, 15) is 0 Å². The highest BCUT2D eigenvalue weighted by Crippen LogP contribution is 2.35. The van der Waals surface area contributed by atoms with Crippen molar-refractivity contribution >= 4 is 32.3 Å². The van der Waals surface area contributed by atoms with E-state index in [1.807, 2.05) is 30.3 Å². The Kier molecular flexibility index (Phi) is 6.80. The van der Waals surface area contributed by atoms with Crippen LogP contribution in [0.1, 0.15) is 0 Å². The highest BCUT2D eigenvalue weighted by molar-refractivity contribution is 6.11. The van der Waals surface area contributed by atoms with Crippen LogP contribution in [0.3, 0.4) is 0 Å². The zero-order chi connectivity index (χ0) is 31.9. The van der Waals surface area contributed by atoms with Gasteiger partial charge in [0.1, 0.15) is 0 Å². The third-order valence-electron chi connectivity index (χ3n) is 9.13. The van der Waals surface area contributed by atoms with E-state index in [0.29, 0.717) is 17.5 Å². The van der Waals surface area contributed by atoms with Crippen LogP contribution in [0.4, 0.5) is 0 Å². The Morgan fingerprint density at radius 3 is 1.62 bits per heavy atom. The molecule has 0 aliphatic heterocycles. The Labute approximate surface area is 278 Å². The molecule has 9 rings (SSSR count). The lowest BCUT2D eigenvalue weighted by molar-refractivity contribution is 1.08. The molecule has 1 aromatic heterocycles. The van der Waals surface area contributed by atoms with Gasteiger partial charge in [-0.2, -0.15) is 0 Å². The molecule has 0 N–H and O–H groups in total. The largest absolute Gasteiger partial charge is 0.208 e. The SMILES string of the molecule is c1ccc(-c2nc(-c3cccc(-c4ccc(-c5cccc6ccccc56)cc4)c3)nc(-c3cccc4c3ccc3ccccc34)n2)cc1. The number of benzene rings is 8. The van der Waals surface area contributed by atoms with E-state index >= 15 is 0 Å². The number of hydrogen-bond acceptors (Lipinski definition) is 3. The Morgan fingerprint density at radius 2 is 0.792 bits per heavy atom. The smallest absolute Gasteiger partial charge is 0.164 e. The lowest BCUT2D eigenvalue weighted by Crippen LogP contribution is -2.00. The van der Waals surface area contributed by atoms with Gasteiger partial charge < -0.3 is 0 Å². The molecule has 224 valence electrons. The quantitative estimate of drug-likeness (QED) is 0.182. The van der Waals surface area contributed by atoms with Crippen LogP contribution in [-0.4, -0.2) is 15.0 Å².